The smallest absolute Gasteiger partial charge is 0.271 e. The molecule has 0 radical (unpaired) electrons. The summed E-state index contributed by atoms with van der Waals surface area (Å²) in [5.74, 6) is 0.161. The molecular formula is C18H20F2N6OS. The molecule has 10 heteroatoms. The third kappa shape index (κ3) is 4.17. The summed E-state index contributed by atoms with van der Waals surface area (Å²) < 4.78 is 27.1. The number of thiophene rings is 1. The van der Waals surface area contributed by atoms with Gasteiger partial charge >= 0.3 is 0 Å². The molecule has 7 nitrogen and oxygen atoms in total. The van der Waals surface area contributed by atoms with Crippen LogP contribution in [0.25, 0.3) is 16.2 Å². The highest BCUT2D eigenvalue weighted by atomic mass is 32.1. The van der Waals surface area contributed by atoms with E-state index in [1.54, 1.807) is 23.3 Å². The first-order valence-electron chi connectivity index (χ1n) is 9.16. The monoisotopic (exact) mass is 406 g/mol. The summed E-state index contributed by atoms with van der Waals surface area (Å²) in [6.45, 7) is -0.282. The lowest BCUT2D eigenvalue weighted by molar-refractivity contribution is 0.0919. The summed E-state index contributed by atoms with van der Waals surface area (Å²) in [5.41, 5.74) is 1.07. The van der Waals surface area contributed by atoms with Crippen molar-refractivity contribution in [2.75, 3.05) is 6.54 Å². The Balaban J connectivity index is 1.45. The lowest BCUT2D eigenvalue weighted by Crippen LogP contribution is -2.43. The van der Waals surface area contributed by atoms with E-state index in [0.29, 0.717) is 17.2 Å². The molecule has 1 aliphatic carbocycles. The number of imidazole rings is 1. The molecule has 4 rings (SSSR count). The van der Waals surface area contributed by atoms with Crippen LogP contribution in [0.2, 0.25) is 0 Å². The van der Waals surface area contributed by atoms with Crippen LogP contribution in [-0.4, -0.2) is 50.5 Å². The Morgan fingerprint density at radius 1 is 1.25 bits per heavy atom. The maximum atomic E-state index is 12.9. The number of alkyl halides is 2. The molecule has 2 N–H and O–H groups in total. The molecule has 1 saturated carbocycles. The zero-order valence-corrected chi connectivity index (χ0v) is 15.8. The molecule has 1 amide bonds. The van der Waals surface area contributed by atoms with Crippen LogP contribution in [0.4, 0.5) is 8.78 Å². The van der Waals surface area contributed by atoms with E-state index in [1.165, 1.54) is 11.3 Å². The van der Waals surface area contributed by atoms with Crippen molar-refractivity contribution in [3.63, 3.8) is 0 Å². The Labute approximate surface area is 164 Å². The summed E-state index contributed by atoms with van der Waals surface area (Å²) in [6, 6.07) is 1.95. The van der Waals surface area contributed by atoms with E-state index in [4.69, 9.17) is 0 Å². The van der Waals surface area contributed by atoms with Crippen molar-refractivity contribution >= 4 is 27.5 Å². The summed E-state index contributed by atoms with van der Waals surface area (Å²) in [6.07, 6.45) is 5.62. The van der Waals surface area contributed by atoms with E-state index in [2.05, 4.69) is 25.6 Å². The van der Waals surface area contributed by atoms with Crippen molar-refractivity contribution in [1.29, 1.82) is 0 Å². The lowest BCUT2D eigenvalue weighted by Gasteiger charge is -2.29. The molecule has 148 valence electrons. The van der Waals surface area contributed by atoms with Crippen molar-refractivity contribution in [3.05, 3.63) is 35.9 Å². The van der Waals surface area contributed by atoms with Crippen molar-refractivity contribution in [1.82, 2.24) is 30.2 Å². The van der Waals surface area contributed by atoms with Gasteiger partial charge in [0, 0.05) is 24.5 Å². The highest BCUT2D eigenvalue weighted by molar-refractivity contribution is 7.17. The summed E-state index contributed by atoms with van der Waals surface area (Å²) in [7, 11) is 0. The maximum Gasteiger partial charge on any atom is 0.271 e. The van der Waals surface area contributed by atoms with Crippen LogP contribution in [-0.2, 0) is 0 Å². The number of rotatable bonds is 6. The average molecular weight is 406 g/mol. The van der Waals surface area contributed by atoms with Crippen LogP contribution in [0.5, 0.6) is 0 Å². The molecule has 0 atom stereocenters. The van der Waals surface area contributed by atoms with E-state index < -0.39 is 6.43 Å². The first-order chi connectivity index (χ1) is 13.6. The second kappa shape index (κ2) is 8.27. The topological polar surface area (TPSA) is 84.7 Å². The lowest BCUT2D eigenvalue weighted by atomic mass is 9.91. The first kappa shape index (κ1) is 18.9. The van der Waals surface area contributed by atoms with Gasteiger partial charge in [0.25, 0.3) is 12.3 Å². The number of nitrogens with one attached hydrogen (secondary N) is 2. The fourth-order valence-electron chi connectivity index (χ4n) is 3.45. The van der Waals surface area contributed by atoms with Gasteiger partial charge < -0.3 is 10.6 Å². The number of hydrogen-bond donors (Lipinski definition) is 2. The van der Waals surface area contributed by atoms with Crippen LogP contribution >= 0.6 is 11.3 Å². The predicted octanol–water partition coefficient (Wildman–Crippen LogP) is 2.77. The molecule has 3 aromatic rings. The Morgan fingerprint density at radius 2 is 2.04 bits per heavy atom. The van der Waals surface area contributed by atoms with Gasteiger partial charge in [-0.2, -0.15) is 0 Å². The van der Waals surface area contributed by atoms with E-state index in [-0.39, 0.29) is 24.5 Å². The zero-order chi connectivity index (χ0) is 19.5. The molecular weight excluding hydrogens is 386 g/mol. The Kier molecular flexibility index (Phi) is 5.58. The number of nitrogens with zero attached hydrogens (tertiary/aromatic N) is 4. The van der Waals surface area contributed by atoms with E-state index in [0.717, 1.165) is 30.4 Å². The largest absolute Gasteiger partial charge is 0.348 e. The van der Waals surface area contributed by atoms with Crippen molar-refractivity contribution in [3.8, 4) is 5.95 Å². The number of carbonyl (C=O) groups is 1. The normalized spacial score (nSPS) is 20.0. The van der Waals surface area contributed by atoms with Gasteiger partial charge in [0.2, 0.25) is 5.95 Å². The van der Waals surface area contributed by atoms with E-state index >= 15 is 0 Å². The number of hydrogen-bond acceptors (Lipinski definition) is 6. The first-order valence-corrected chi connectivity index (χ1v) is 10.0. The zero-order valence-electron chi connectivity index (χ0n) is 15.0. The molecule has 3 heterocycles. The number of halogens is 2. The highest BCUT2D eigenvalue weighted by Crippen LogP contribution is 2.24. The van der Waals surface area contributed by atoms with Crippen molar-refractivity contribution in [2.45, 2.75) is 44.2 Å². The van der Waals surface area contributed by atoms with E-state index in [1.807, 2.05) is 11.4 Å². The number of aromatic nitrogens is 4. The van der Waals surface area contributed by atoms with Gasteiger partial charge in [0.1, 0.15) is 6.33 Å². The van der Waals surface area contributed by atoms with Gasteiger partial charge in [-0.3, -0.25) is 9.36 Å². The third-order valence-electron chi connectivity index (χ3n) is 4.87. The molecule has 1 fully saturated rings. The summed E-state index contributed by atoms with van der Waals surface area (Å²) in [4.78, 5) is 25.9. The standard InChI is InChI=1S/C18H20F2N6OS/c19-14(20)9-22-11-1-3-12(4-2-11)23-17(27)15-16-13(5-8-28-16)24-18(25-15)26-7-6-21-10-26/h5-8,10-12,14,22H,1-4,9H2,(H,23,27). The molecule has 3 aromatic heterocycles. The fourth-order valence-corrected chi connectivity index (χ4v) is 4.27. The van der Waals surface area contributed by atoms with Gasteiger partial charge in [0.15, 0.2) is 5.69 Å². The molecule has 0 bridgehead atoms. The Morgan fingerprint density at radius 3 is 2.75 bits per heavy atom. The van der Waals surface area contributed by atoms with Gasteiger partial charge in [-0.1, -0.05) is 0 Å². The van der Waals surface area contributed by atoms with Crippen LogP contribution < -0.4 is 10.6 Å². The molecule has 0 saturated heterocycles. The van der Waals surface area contributed by atoms with Crippen LogP contribution in [0, 0.1) is 0 Å². The quantitative estimate of drug-likeness (QED) is 0.658. The fraction of sp³-hybridized carbons (Fsp3) is 0.444. The minimum atomic E-state index is -2.34. The summed E-state index contributed by atoms with van der Waals surface area (Å²) >= 11 is 1.43. The summed E-state index contributed by atoms with van der Waals surface area (Å²) in [5, 5.41) is 7.81. The SMILES string of the molecule is O=C(NC1CCC(NCC(F)F)CC1)c1nc(-n2ccnc2)nc2ccsc12. The maximum absolute atomic E-state index is 12.9. The highest BCUT2D eigenvalue weighted by Gasteiger charge is 2.25. The predicted molar refractivity (Wildman–Crippen MR) is 102 cm³/mol. The number of amides is 1. The average Bonchev–Trinajstić information content (AvgIpc) is 3.38. The molecule has 0 spiro atoms. The molecule has 0 unspecified atom stereocenters. The van der Waals surface area contributed by atoms with Gasteiger partial charge in [-0.05, 0) is 37.1 Å². The molecule has 28 heavy (non-hydrogen) atoms. The molecule has 1 aliphatic rings. The third-order valence-corrected chi connectivity index (χ3v) is 5.78. The van der Waals surface area contributed by atoms with E-state index in [9.17, 15) is 13.6 Å². The van der Waals surface area contributed by atoms with Crippen molar-refractivity contribution < 1.29 is 13.6 Å². The van der Waals surface area contributed by atoms with Gasteiger partial charge in [-0.25, -0.2) is 23.7 Å². The van der Waals surface area contributed by atoms with Crippen molar-refractivity contribution in [2.24, 2.45) is 0 Å². The van der Waals surface area contributed by atoms with Gasteiger partial charge in [0.05, 0.1) is 16.8 Å². The number of fused-ring (bicyclic) bond motifs is 1. The number of carbonyl (C=O) groups excluding carboxylic acids is 1. The molecule has 0 aliphatic heterocycles. The second-order valence-electron chi connectivity index (χ2n) is 6.80. The minimum Gasteiger partial charge on any atom is -0.348 e. The minimum absolute atomic E-state index is 0.0128. The van der Waals surface area contributed by atoms with Gasteiger partial charge in [-0.15, -0.1) is 11.3 Å². The molecule has 0 aromatic carbocycles. The van der Waals surface area contributed by atoms with Crippen LogP contribution in [0.15, 0.2) is 30.2 Å². The van der Waals surface area contributed by atoms with Crippen LogP contribution in [0.3, 0.4) is 0 Å². The Bertz CT molecular complexity index is 937. The second-order valence-corrected chi connectivity index (χ2v) is 7.71. The van der Waals surface area contributed by atoms with Crippen LogP contribution in [0.1, 0.15) is 36.2 Å². The Hall–Kier alpha value is -2.46.